The highest BCUT2D eigenvalue weighted by Crippen LogP contribution is 2.34. The lowest BCUT2D eigenvalue weighted by Crippen LogP contribution is -2.36. The molecule has 1 aliphatic rings. The average Bonchev–Trinajstić information content (AvgIpc) is 3.34. The molecule has 2 heterocycles. The highest BCUT2D eigenvalue weighted by Gasteiger charge is 2.36. The quantitative estimate of drug-likeness (QED) is 0.340. The van der Waals surface area contributed by atoms with Crippen LogP contribution in [0.2, 0.25) is 0 Å². The number of nitrogens with zero attached hydrogens (tertiary/aromatic N) is 2. The van der Waals surface area contributed by atoms with Crippen molar-refractivity contribution in [1.82, 2.24) is 9.47 Å². The number of amides is 3. The summed E-state index contributed by atoms with van der Waals surface area (Å²) < 4.78 is 16.2. The van der Waals surface area contributed by atoms with Crippen molar-refractivity contribution in [3.05, 3.63) is 106 Å². The molecule has 180 valence electrons. The van der Waals surface area contributed by atoms with Gasteiger partial charge in [-0.05, 0) is 48.5 Å². The molecule has 4 aromatic rings. The Balaban J connectivity index is 1.39. The molecule has 6 nitrogen and oxygen atoms in total. The van der Waals surface area contributed by atoms with Crippen LogP contribution in [0.15, 0.2) is 83.9 Å². The topological polar surface area (TPSA) is 71.4 Å². The highest BCUT2D eigenvalue weighted by molar-refractivity contribution is 8.18. The van der Waals surface area contributed by atoms with Gasteiger partial charge in [-0.15, -0.1) is 0 Å². The zero-order valence-electron chi connectivity index (χ0n) is 19.4. The summed E-state index contributed by atoms with van der Waals surface area (Å²) >= 11 is 0.802. The minimum Gasteiger partial charge on any atom is -0.342 e. The third-order valence-corrected chi connectivity index (χ3v) is 6.91. The molecule has 0 bridgehead atoms. The van der Waals surface area contributed by atoms with Crippen LogP contribution in [0, 0.1) is 12.7 Å². The molecule has 1 N–H and O–H groups in total. The summed E-state index contributed by atoms with van der Waals surface area (Å²) in [7, 11) is 0. The summed E-state index contributed by atoms with van der Waals surface area (Å²) in [6, 6.07) is 21.5. The number of imide groups is 1. The van der Waals surface area contributed by atoms with Gasteiger partial charge >= 0.3 is 0 Å². The van der Waals surface area contributed by atoms with E-state index >= 15 is 0 Å². The Labute approximate surface area is 211 Å². The Kier molecular flexibility index (Phi) is 6.43. The van der Waals surface area contributed by atoms with Crippen LogP contribution in [-0.4, -0.2) is 33.1 Å². The standard InChI is InChI=1S/C28H22FN3O3S/c1-18-8-2-6-12-23(18)30-26(33)17-32-27(34)25(36-28(32)35)14-20-16-31(24-13-7-4-10-21(20)24)15-19-9-3-5-11-22(19)29/h2-14,16H,15,17H2,1H3,(H,30,33)/b25-14-. The molecule has 0 atom stereocenters. The first kappa shape index (κ1) is 23.6. The SMILES string of the molecule is Cc1ccccc1NC(=O)CN1C(=O)S/C(=C\c2cn(Cc3ccccc3F)c3ccccc23)C1=O. The molecular weight excluding hydrogens is 477 g/mol. The Morgan fingerprint density at radius 3 is 2.53 bits per heavy atom. The Hall–Kier alpha value is -4.17. The fourth-order valence-electron chi connectivity index (χ4n) is 4.16. The van der Waals surface area contributed by atoms with Crippen LogP contribution >= 0.6 is 11.8 Å². The average molecular weight is 500 g/mol. The van der Waals surface area contributed by atoms with Crippen LogP contribution in [0.5, 0.6) is 0 Å². The van der Waals surface area contributed by atoms with Gasteiger partial charge in [0.15, 0.2) is 0 Å². The van der Waals surface area contributed by atoms with Crippen LogP contribution in [0.1, 0.15) is 16.7 Å². The minimum atomic E-state index is -0.518. The molecule has 0 radical (unpaired) electrons. The highest BCUT2D eigenvalue weighted by atomic mass is 32.2. The zero-order valence-corrected chi connectivity index (χ0v) is 20.2. The number of hydrogen-bond acceptors (Lipinski definition) is 4. The monoisotopic (exact) mass is 499 g/mol. The van der Waals surface area contributed by atoms with E-state index in [1.54, 1.807) is 36.4 Å². The van der Waals surface area contributed by atoms with E-state index in [1.165, 1.54) is 6.07 Å². The molecule has 1 aromatic heterocycles. The van der Waals surface area contributed by atoms with Gasteiger partial charge in [0.2, 0.25) is 5.91 Å². The smallest absolute Gasteiger partial charge is 0.294 e. The maximum absolute atomic E-state index is 14.3. The summed E-state index contributed by atoms with van der Waals surface area (Å²) in [5, 5.41) is 3.12. The Morgan fingerprint density at radius 1 is 1.00 bits per heavy atom. The first-order valence-electron chi connectivity index (χ1n) is 11.3. The van der Waals surface area contributed by atoms with E-state index in [0.717, 1.165) is 38.7 Å². The van der Waals surface area contributed by atoms with Crippen LogP contribution < -0.4 is 5.32 Å². The molecule has 1 aliphatic heterocycles. The van der Waals surface area contributed by atoms with E-state index in [1.807, 2.05) is 54.1 Å². The van der Waals surface area contributed by atoms with Gasteiger partial charge in [-0.25, -0.2) is 4.39 Å². The fraction of sp³-hybridized carbons (Fsp3) is 0.107. The molecule has 0 unspecified atom stereocenters. The van der Waals surface area contributed by atoms with Gasteiger partial charge in [-0.2, -0.15) is 0 Å². The summed E-state index contributed by atoms with van der Waals surface area (Å²) in [4.78, 5) is 39.3. The number of aryl methyl sites for hydroxylation is 1. The van der Waals surface area contributed by atoms with Gasteiger partial charge in [0.1, 0.15) is 12.4 Å². The van der Waals surface area contributed by atoms with Crippen molar-refractivity contribution in [3.8, 4) is 0 Å². The Bertz CT molecular complexity index is 1540. The summed E-state index contributed by atoms with van der Waals surface area (Å²) in [6.45, 7) is 1.81. The van der Waals surface area contributed by atoms with E-state index in [4.69, 9.17) is 0 Å². The van der Waals surface area contributed by atoms with Gasteiger partial charge in [0.25, 0.3) is 11.1 Å². The largest absolute Gasteiger partial charge is 0.342 e. The number of para-hydroxylation sites is 2. The molecule has 36 heavy (non-hydrogen) atoms. The van der Waals surface area contributed by atoms with E-state index in [-0.39, 0.29) is 17.3 Å². The summed E-state index contributed by atoms with van der Waals surface area (Å²) in [5.41, 5.74) is 3.67. The first-order valence-corrected chi connectivity index (χ1v) is 12.1. The van der Waals surface area contributed by atoms with Crippen molar-refractivity contribution in [1.29, 1.82) is 0 Å². The summed E-state index contributed by atoms with van der Waals surface area (Å²) in [5.74, 6) is -1.26. The number of carbonyl (C=O) groups is 3. The van der Waals surface area contributed by atoms with Crippen molar-refractivity contribution in [2.75, 3.05) is 11.9 Å². The van der Waals surface area contributed by atoms with Crippen molar-refractivity contribution in [3.63, 3.8) is 0 Å². The van der Waals surface area contributed by atoms with Crippen molar-refractivity contribution in [2.24, 2.45) is 0 Å². The third-order valence-electron chi connectivity index (χ3n) is 6.00. The number of aromatic nitrogens is 1. The molecule has 1 saturated heterocycles. The molecule has 0 aliphatic carbocycles. The second-order valence-corrected chi connectivity index (χ2v) is 9.45. The lowest BCUT2D eigenvalue weighted by Gasteiger charge is -2.13. The molecule has 1 fully saturated rings. The third kappa shape index (κ3) is 4.67. The number of nitrogens with one attached hydrogen (secondary N) is 1. The zero-order chi connectivity index (χ0) is 25.2. The molecule has 3 aromatic carbocycles. The van der Waals surface area contributed by atoms with Crippen molar-refractivity contribution in [2.45, 2.75) is 13.5 Å². The molecule has 0 spiro atoms. The second kappa shape index (κ2) is 9.83. The number of benzene rings is 3. The number of anilines is 1. The molecule has 0 saturated carbocycles. The maximum Gasteiger partial charge on any atom is 0.294 e. The van der Waals surface area contributed by atoms with Gasteiger partial charge in [-0.3, -0.25) is 19.3 Å². The number of thioether (sulfide) groups is 1. The molecule has 8 heteroatoms. The van der Waals surface area contributed by atoms with Gasteiger partial charge < -0.3 is 9.88 Å². The number of rotatable bonds is 6. The van der Waals surface area contributed by atoms with Crippen LogP contribution in [0.25, 0.3) is 17.0 Å². The van der Waals surface area contributed by atoms with Crippen molar-refractivity contribution < 1.29 is 18.8 Å². The van der Waals surface area contributed by atoms with E-state index in [2.05, 4.69) is 5.32 Å². The predicted octanol–water partition coefficient (Wildman–Crippen LogP) is 5.81. The normalized spacial score (nSPS) is 14.7. The lowest BCUT2D eigenvalue weighted by molar-refractivity contribution is -0.127. The van der Waals surface area contributed by atoms with E-state index in [9.17, 15) is 18.8 Å². The van der Waals surface area contributed by atoms with E-state index in [0.29, 0.717) is 17.8 Å². The minimum absolute atomic E-state index is 0.234. The summed E-state index contributed by atoms with van der Waals surface area (Å²) in [6.07, 6.45) is 3.50. The number of hydrogen-bond donors (Lipinski definition) is 1. The molecule has 5 rings (SSSR count). The first-order chi connectivity index (χ1) is 17.4. The van der Waals surface area contributed by atoms with Gasteiger partial charge in [-0.1, -0.05) is 54.6 Å². The number of halogens is 1. The molecule has 3 amide bonds. The maximum atomic E-state index is 14.3. The van der Waals surface area contributed by atoms with Crippen LogP contribution in [-0.2, 0) is 16.1 Å². The van der Waals surface area contributed by atoms with Crippen molar-refractivity contribution >= 4 is 51.5 Å². The lowest BCUT2D eigenvalue weighted by atomic mass is 10.1. The van der Waals surface area contributed by atoms with E-state index < -0.39 is 17.1 Å². The predicted molar refractivity (Wildman–Crippen MR) is 140 cm³/mol. The fourth-order valence-corrected chi connectivity index (χ4v) is 4.98. The number of fused-ring (bicyclic) bond motifs is 1. The van der Waals surface area contributed by atoms with Crippen LogP contribution in [0.4, 0.5) is 14.9 Å². The van der Waals surface area contributed by atoms with Crippen LogP contribution in [0.3, 0.4) is 0 Å². The molecular formula is C28H22FN3O3S. The Morgan fingerprint density at radius 2 is 1.72 bits per heavy atom. The van der Waals surface area contributed by atoms with Gasteiger partial charge in [0.05, 0.1) is 11.4 Å². The van der Waals surface area contributed by atoms with Gasteiger partial charge in [0, 0.05) is 33.9 Å². The number of carbonyl (C=O) groups excluding carboxylic acids is 3. The second-order valence-electron chi connectivity index (χ2n) is 8.45.